The quantitative estimate of drug-likeness (QED) is 0.764. The van der Waals surface area contributed by atoms with Gasteiger partial charge in [-0.15, -0.1) is 0 Å². The summed E-state index contributed by atoms with van der Waals surface area (Å²) in [5, 5.41) is 0. The third kappa shape index (κ3) is 1.88. The van der Waals surface area contributed by atoms with Crippen molar-refractivity contribution in [1.82, 2.24) is 0 Å². The molecular weight excluding hydrogens is 231 g/mol. The third-order valence-electron chi connectivity index (χ3n) is 3.05. The Kier molecular flexibility index (Phi) is 2.59. The summed E-state index contributed by atoms with van der Waals surface area (Å²) in [6.07, 6.45) is -0.0304. The lowest BCUT2D eigenvalue weighted by Crippen LogP contribution is -2.20. The molecule has 0 bridgehead atoms. The van der Waals surface area contributed by atoms with Gasteiger partial charge in [0.05, 0.1) is 12.0 Å². The molecule has 0 saturated heterocycles. The summed E-state index contributed by atoms with van der Waals surface area (Å²) in [6.45, 7) is 0. The van der Waals surface area contributed by atoms with E-state index in [1.807, 2.05) is 30.3 Å². The summed E-state index contributed by atoms with van der Waals surface area (Å²) in [6, 6.07) is 13.6. The average Bonchev–Trinajstić information content (AvgIpc) is 2.40. The lowest BCUT2D eigenvalue weighted by atomic mass is 9.96. The van der Waals surface area contributed by atoms with Gasteiger partial charge in [-0.3, -0.25) is 4.79 Å². The molecule has 0 aliphatic carbocycles. The Bertz CT molecular complexity index is 593. The molecule has 1 atom stereocenters. The Labute approximate surface area is 104 Å². The first kappa shape index (κ1) is 11.0. The predicted molar refractivity (Wildman–Crippen MR) is 65.2 cm³/mol. The summed E-state index contributed by atoms with van der Waals surface area (Å²) in [5.41, 5.74) is 1.29. The summed E-state index contributed by atoms with van der Waals surface area (Å²) >= 11 is 0. The van der Waals surface area contributed by atoms with Crippen LogP contribution in [0.2, 0.25) is 0 Å². The van der Waals surface area contributed by atoms with E-state index in [4.69, 9.17) is 4.74 Å². The largest absolute Gasteiger partial charge is 0.484 e. The van der Waals surface area contributed by atoms with Crippen molar-refractivity contribution in [2.75, 3.05) is 0 Å². The molecule has 90 valence electrons. The van der Waals surface area contributed by atoms with Crippen LogP contribution in [-0.2, 0) is 0 Å². The van der Waals surface area contributed by atoms with Gasteiger partial charge in [0.2, 0.25) is 0 Å². The number of hydrogen-bond acceptors (Lipinski definition) is 2. The maximum atomic E-state index is 13.1. The molecular formula is C15H11FO2. The molecule has 0 radical (unpaired) electrons. The van der Waals surface area contributed by atoms with E-state index in [0.29, 0.717) is 11.3 Å². The summed E-state index contributed by atoms with van der Waals surface area (Å²) in [5.74, 6) is -0.0324. The number of carbonyl (C=O) groups is 1. The third-order valence-corrected chi connectivity index (χ3v) is 3.05. The van der Waals surface area contributed by atoms with Crippen molar-refractivity contribution in [3.05, 3.63) is 65.5 Å². The van der Waals surface area contributed by atoms with Crippen LogP contribution in [0, 0.1) is 5.82 Å². The van der Waals surface area contributed by atoms with Gasteiger partial charge in [0.25, 0.3) is 0 Å². The van der Waals surface area contributed by atoms with Crippen LogP contribution in [0.4, 0.5) is 4.39 Å². The molecule has 1 unspecified atom stereocenters. The fourth-order valence-corrected chi connectivity index (χ4v) is 2.15. The monoisotopic (exact) mass is 242 g/mol. The number of fused-ring (bicyclic) bond motifs is 1. The number of ether oxygens (including phenoxy) is 1. The highest BCUT2D eigenvalue weighted by Crippen LogP contribution is 2.34. The van der Waals surface area contributed by atoms with Crippen molar-refractivity contribution >= 4 is 5.78 Å². The fraction of sp³-hybridized carbons (Fsp3) is 0.133. The zero-order valence-electron chi connectivity index (χ0n) is 9.60. The average molecular weight is 242 g/mol. The highest BCUT2D eigenvalue weighted by atomic mass is 19.1. The number of hydrogen-bond donors (Lipinski definition) is 0. The molecule has 2 aromatic rings. The molecule has 0 spiro atoms. The molecule has 0 amide bonds. The van der Waals surface area contributed by atoms with Crippen molar-refractivity contribution in [2.45, 2.75) is 12.5 Å². The molecule has 1 aliphatic rings. The number of benzene rings is 2. The minimum absolute atomic E-state index is 0.0791. The topological polar surface area (TPSA) is 26.3 Å². The van der Waals surface area contributed by atoms with Gasteiger partial charge in [0, 0.05) is 0 Å². The van der Waals surface area contributed by atoms with Crippen molar-refractivity contribution in [1.29, 1.82) is 0 Å². The van der Waals surface area contributed by atoms with Gasteiger partial charge in [0.1, 0.15) is 17.7 Å². The summed E-state index contributed by atoms with van der Waals surface area (Å²) in [7, 11) is 0. The molecule has 0 aromatic heterocycles. The van der Waals surface area contributed by atoms with E-state index in [-0.39, 0.29) is 18.3 Å². The Hall–Kier alpha value is -2.16. The Morgan fingerprint density at radius 2 is 1.89 bits per heavy atom. The van der Waals surface area contributed by atoms with E-state index in [1.165, 1.54) is 18.2 Å². The van der Waals surface area contributed by atoms with Crippen molar-refractivity contribution in [3.8, 4) is 5.75 Å². The predicted octanol–water partition coefficient (Wildman–Crippen LogP) is 3.53. The van der Waals surface area contributed by atoms with Gasteiger partial charge < -0.3 is 4.74 Å². The minimum Gasteiger partial charge on any atom is -0.484 e. The number of ketones is 1. The van der Waals surface area contributed by atoms with Crippen molar-refractivity contribution < 1.29 is 13.9 Å². The van der Waals surface area contributed by atoms with Gasteiger partial charge in [-0.2, -0.15) is 0 Å². The zero-order chi connectivity index (χ0) is 12.5. The minimum atomic E-state index is -0.413. The molecule has 18 heavy (non-hydrogen) atoms. The lowest BCUT2D eigenvalue weighted by Gasteiger charge is -2.25. The number of halogens is 1. The fourth-order valence-electron chi connectivity index (χ4n) is 2.15. The van der Waals surface area contributed by atoms with E-state index >= 15 is 0 Å². The Balaban J connectivity index is 1.97. The van der Waals surface area contributed by atoms with E-state index in [2.05, 4.69) is 0 Å². The SMILES string of the molecule is O=C1CC(c2ccccc2)Oc2ccc(F)cc21. The first-order chi connectivity index (χ1) is 8.74. The van der Waals surface area contributed by atoms with Crippen LogP contribution in [0.5, 0.6) is 5.75 Å². The highest BCUT2D eigenvalue weighted by molar-refractivity contribution is 6.00. The van der Waals surface area contributed by atoms with Crippen LogP contribution in [0.25, 0.3) is 0 Å². The van der Waals surface area contributed by atoms with Crippen LogP contribution < -0.4 is 4.74 Å². The first-order valence-corrected chi connectivity index (χ1v) is 5.78. The molecule has 3 rings (SSSR count). The van der Waals surface area contributed by atoms with E-state index < -0.39 is 5.82 Å². The number of carbonyl (C=O) groups excluding carboxylic acids is 1. The molecule has 2 nitrogen and oxygen atoms in total. The van der Waals surface area contributed by atoms with Gasteiger partial charge >= 0.3 is 0 Å². The lowest BCUT2D eigenvalue weighted by molar-refractivity contribution is 0.0849. The van der Waals surface area contributed by atoms with E-state index in [9.17, 15) is 9.18 Å². The number of rotatable bonds is 1. The van der Waals surface area contributed by atoms with Crippen LogP contribution in [-0.4, -0.2) is 5.78 Å². The zero-order valence-corrected chi connectivity index (χ0v) is 9.60. The van der Waals surface area contributed by atoms with Crippen LogP contribution in [0.15, 0.2) is 48.5 Å². The van der Waals surface area contributed by atoms with Crippen molar-refractivity contribution in [2.24, 2.45) is 0 Å². The van der Waals surface area contributed by atoms with Gasteiger partial charge in [-0.1, -0.05) is 30.3 Å². The smallest absolute Gasteiger partial charge is 0.170 e. The van der Waals surface area contributed by atoms with E-state index in [1.54, 1.807) is 0 Å². The highest BCUT2D eigenvalue weighted by Gasteiger charge is 2.27. The maximum Gasteiger partial charge on any atom is 0.170 e. The van der Waals surface area contributed by atoms with Gasteiger partial charge in [-0.25, -0.2) is 4.39 Å². The maximum absolute atomic E-state index is 13.1. The first-order valence-electron chi connectivity index (χ1n) is 5.78. The van der Waals surface area contributed by atoms with Crippen molar-refractivity contribution in [3.63, 3.8) is 0 Å². The van der Waals surface area contributed by atoms with Gasteiger partial charge in [-0.05, 0) is 23.8 Å². The van der Waals surface area contributed by atoms with E-state index in [0.717, 1.165) is 5.56 Å². The molecule has 0 saturated carbocycles. The molecule has 2 aromatic carbocycles. The second-order valence-corrected chi connectivity index (χ2v) is 4.28. The summed E-state index contributed by atoms with van der Waals surface area (Å²) < 4.78 is 18.8. The van der Waals surface area contributed by atoms with Crippen LogP contribution >= 0.6 is 0 Å². The second-order valence-electron chi connectivity index (χ2n) is 4.28. The second kappa shape index (κ2) is 4.26. The number of Topliss-reactive ketones (excluding diaryl/α,β-unsaturated/α-hetero) is 1. The molecule has 1 heterocycles. The normalized spacial score (nSPS) is 18.1. The standard InChI is InChI=1S/C15H11FO2/c16-11-6-7-14-12(8-11)13(17)9-15(18-14)10-4-2-1-3-5-10/h1-8,15H,9H2. The summed E-state index contributed by atoms with van der Waals surface area (Å²) in [4.78, 5) is 12.0. The Morgan fingerprint density at radius 1 is 1.11 bits per heavy atom. The van der Waals surface area contributed by atoms with Crippen LogP contribution in [0.1, 0.15) is 28.4 Å². The molecule has 1 aliphatic heterocycles. The van der Waals surface area contributed by atoms with Crippen LogP contribution in [0.3, 0.4) is 0 Å². The molecule has 3 heteroatoms. The van der Waals surface area contributed by atoms with Gasteiger partial charge in [0.15, 0.2) is 5.78 Å². The molecule has 0 fully saturated rings. The Morgan fingerprint density at radius 3 is 2.67 bits per heavy atom. The molecule has 0 N–H and O–H groups in total.